The molecule has 89 heavy (non-hydrogen) atoms. The van der Waals surface area contributed by atoms with Crippen molar-refractivity contribution in [2.75, 3.05) is 0 Å². The van der Waals surface area contributed by atoms with E-state index in [0.717, 1.165) is 88.4 Å². The van der Waals surface area contributed by atoms with E-state index in [-0.39, 0.29) is 33.4 Å². The van der Waals surface area contributed by atoms with Crippen molar-refractivity contribution in [2.45, 2.75) is 26.2 Å². The molecular weight excluding hydrogens is 1270 g/mol. The molecule has 0 atom stereocenters. The van der Waals surface area contributed by atoms with Crippen molar-refractivity contribution in [3.63, 3.8) is 0 Å². The molecule has 0 aliphatic rings. The molecule has 428 valence electrons. The van der Waals surface area contributed by atoms with Gasteiger partial charge in [-0.15, -0.1) is 0 Å². The van der Waals surface area contributed by atoms with Gasteiger partial charge in [-0.05, 0) is 17.0 Å². The first-order valence-corrected chi connectivity index (χ1v) is 30.4. The van der Waals surface area contributed by atoms with Crippen LogP contribution in [0.5, 0.6) is 11.5 Å². The van der Waals surface area contributed by atoms with E-state index in [0.29, 0.717) is 37.7 Å². The number of pyridine rings is 1. The van der Waals surface area contributed by atoms with Crippen molar-refractivity contribution < 1.29 is 37.8 Å². The fraction of sp³-hybridized carbons (Fsp3) is 0.0488. The second-order valence-corrected chi connectivity index (χ2v) is 23.9. The molecule has 0 unspecified atom stereocenters. The first-order valence-electron chi connectivity index (χ1n) is 34.3. The van der Waals surface area contributed by atoms with Crippen molar-refractivity contribution in [3.05, 3.63) is 313 Å². The molecule has 0 spiro atoms. The van der Waals surface area contributed by atoms with Crippen molar-refractivity contribution >= 4 is 54.6 Å². The van der Waals surface area contributed by atoms with Crippen LogP contribution in [0, 0.1) is 15.9 Å². The molecule has 7 heteroatoms. The molecule has 0 bridgehead atoms. The van der Waals surface area contributed by atoms with E-state index in [1.54, 1.807) is 12.1 Å². The van der Waals surface area contributed by atoms with E-state index in [1.165, 1.54) is 0 Å². The third-order valence-corrected chi connectivity index (χ3v) is 17.6. The van der Waals surface area contributed by atoms with Crippen molar-refractivity contribution in [3.8, 4) is 90.0 Å². The fourth-order valence-corrected chi connectivity index (χ4v) is 13.7. The number of hydrogen-bond acceptors (Lipinski definition) is 2. The number of rotatable bonds is 11. The summed E-state index contributed by atoms with van der Waals surface area (Å²) in [5, 5.41) is 3.79. The molecule has 0 aliphatic heterocycles. The Bertz CT molecular complexity index is 5850. The summed E-state index contributed by atoms with van der Waals surface area (Å²) in [6.45, 7) is 6.55. The summed E-state index contributed by atoms with van der Waals surface area (Å²) in [7, 11) is 0. The van der Waals surface area contributed by atoms with Crippen molar-refractivity contribution in [1.82, 2.24) is 23.3 Å². The van der Waals surface area contributed by atoms with Gasteiger partial charge in [-0.25, -0.2) is 0 Å². The normalized spacial score (nSPS) is 13.4. The van der Waals surface area contributed by atoms with Crippen LogP contribution in [0.4, 0.5) is 0 Å². The Morgan fingerprint density at radius 2 is 0.933 bits per heavy atom. The summed E-state index contributed by atoms with van der Waals surface area (Å²) >= 11 is 2.24. The van der Waals surface area contributed by atoms with Gasteiger partial charge in [-0.2, -0.15) is 0 Å². The quantitative estimate of drug-likeness (QED) is 0.121. The zero-order chi connectivity index (χ0) is 68.4. The Balaban J connectivity index is 1.02. The monoisotopic (exact) mass is 1330 g/mol. The van der Waals surface area contributed by atoms with Crippen LogP contribution in [0.2, 0.25) is 0 Å². The summed E-state index contributed by atoms with van der Waals surface area (Å²) < 4.78 is 110. The molecule has 0 radical (unpaired) electrons. The Hall–Kier alpha value is -10.7. The van der Waals surface area contributed by atoms with E-state index in [2.05, 4.69) is 130 Å². The molecule has 12 aromatic carbocycles. The van der Waals surface area contributed by atoms with Gasteiger partial charge in [0.1, 0.15) is 0 Å². The Kier molecular flexibility index (Phi) is 10.8. The second kappa shape index (κ2) is 21.9. The van der Waals surface area contributed by atoms with Crippen LogP contribution in [0.1, 0.15) is 40.0 Å². The summed E-state index contributed by atoms with van der Waals surface area (Å²) in [4.78, 5) is 4.95. The number of aromatic nitrogens is 5. The minimum absolute atomic E-state index is 0.120. The Morgan fingerprint density at radius 3 is 1.51 bits per heavy atom. The van der Waals surface area contributed by atoms with Gasteiger partial charge in [0.2, 0.25) is 0 Å². The Morgan fingerprint density at radius 1 is 0.416 bits per heavy atom. The van der Waals surface area contributed by atoms with Crippen LogP contribution in [0.3, 0.4) is 0 Å². The number of benzene rings is 12. The third-order valence-electron chi connectivity index (χ3n) is 16.6. The molecule has 0 fully saturated rings. The van der Waals surface area contributed by atoms with Crippen LogP contribution in [-0.4, -0.2) is 23.3 Å². The average Bonchev–Trinajstić information content (AvgIpc) is 1.68. The van der Waals surface area contributed by atoms with Gasteiger partial charge in [-0.3, -0.25) is 0 Å². The SMILES string of the molecule is [2H]c1c([2H])c([2H])c(-c2cc(-n3c4ccccc4c4ccccc43)cc(-c3c([2H])c([2H])c([2H])c([2H])c3[2H])c2-n2[c](=[Pt])n(-c3[c-]c(Oc4[c-]c5c(cc4)c4ccccc4n5-c4cc(C(C)(C)C)ccn4)cc(-c4c(-c5ccccc5)cccc4-c4ccccc4)c3)c3ccccc32)c([2H])c1[2H]. The van der Waals surface area contributed by atoms with Crippen LogP contribution in [-0.2, 0) is 24.8 Å². The first-order chi connectivity index (χ1) is 47.9. The van der Waals surface area contributed by atoms with Crippen LogP contribution in [0.25, 0.3) is 133 Å². The molecule has 0 saturated heterocycles. The van der Waals surface area contributed by atoms with Crippen molar-refractivity contribution in [1.29, 1.82) is 0 Å². The van der Waals surface area contributed by atoms with Gasteiger partial charge in [-0.1, -0.05) is 32.9 Å². The molecule has 16 rings (SSSR count). The maximum absolute atomic E-state index is 9.81. The maximum atomic E-state index is 9.81. The zero-order valence-corrected chi connectivity index (χ0v) is 50.7. The van der Waals surface area contributed by atoms with E-state index < -0.39 is 60.4 Å². The average molecular weight is 1330 g/mol. The topological polar surface area (TPSA) is 41.8 Å². The zero-order valence-electron chi connectivity index (χ0n) is 58.4. The number of nitrogens with zero attached hydrogens (tertiary/aromatic N) is 5. The molecule has 16 aromatic rings. The predicted molar refractivity (Wildman–Crippen MR) is 362 cm³/mol. The summed E-state index contributed by atoms with van der Waals surface area (Å²) in [6.07, 6.45) is 1.85. The first kappa shape index (κ1) is 43.9. The van der Waals surface area contributed by atoms with Crippen LogP contribution < -0.4 is 4.74 Å². The summed E-state index contributed by atoms with van der Waals surface area (Å²) in [5.41, 5.74) is 11.8. The van der Waals surface area contributed by atoms with E-state index in [1.807, 2.05) is 159 Å². The third kappa shape index (κ3) is 9.38. The van der Waals surface area contributed by atoms with Gasteiger partial charge < -0.3 is 0 Å². The van der Waals surface area contributed by atoms with E-state index >= 15 is 0 Å². The fourth-order valence-electron chi connectivity index (χ4n) is 12.6. The van der Waals surface area contributed by atoms with Gasteiger partial charge >= 0.3 is 488 Å². The second-order valence-electron chi connectivity index (χ2n) is 22.9. The molecular formula is C82H57N5OPt-2. The van der Waals surface area contributed by atoms with Crippen molar-refractivity contribution in [2.24, 2.45) is 0 Å². The molecule has 0 saturated carbocycles. The summed E-state index contributed by atoms with van der Waals surface area (Å²) in [6, 6.07) is 75.9. The standard InChI is InChI=1S/C82H57N5O.Pt/c1-82(2,3)60-45-46-83-79(49-60)87-75-40-21-18-35-69(75)70-44-43-63(53-78(70)87)88-64-48-59(80-65(55-25-8-4-9-26-55)36-24-37-66(80)56-27-10-5-11-28-56)47-61(50-64)84-54-85(77-42-23-22-41-76(77)84)81-71(57-29-12-6-13-30-57)51-62(52-72(81)58-31-14-7-15-32-58)86-73-38-19-16-33-67(73)68-34-17-20-39-74(68)86;/h4-49,51-52H,1-3H3;/q-2;/i6D,7D,12D,13D,14D,15D,29D,30D,31D,32D;. The molecule has 4 heterocycles. The van der Waals surface area contributed by atoms with Crippen LogP contribution >= 0.6 is 0 Å². The Labute approximate surface area is 541 Å². The van der Waals surface area contributed by atoms with Crippen LogP contribution in [0.15, 0.2) is 291 Å². The minimum atomic E-state index is -0.598. The molecule has 6 nitrogen and oxygen atoms in total. The van der Waals surface area contributed by atoms with Gasteiger partial charge in [0, 0.05) is 6.20 Å². The molecule has 4 aromatic heterocycles. The van der Waals surface area contributed by atoms with E-state index in [4.69, 9.17) is 12.5 Å². The molecule has 0 N–H and O–H groups in total. The van der Waals surface area contributed by atoms with Gasteiger partial charge in [0.05, 0.1) is 0 Å². The number of imidazole rings is 1. The predicted octanol–water partition coefficient (Wildman–Crippen LogP) is 21.1. The summed E-state index contributed by atoms with van der Waals surface area (Å²) in [5.74, 6) is 1.46. The van der Waals surface area contributed by atoms with Gasteiger partial charge in [0.15, 0.2) is 0 Å². The van der Waals surface area contributed by atoms with E-state index in [9.17, 15) is 11.0 Å². The number of para-hydroxylation sites is 5. The molecule has 0 aliphatic carbocycles. The number of ether oxygens (including phenoxy) is 1. The molecule has 0 amide bonds. The van der Waals surface area contributed by atoms with Gasteiger partial charge in [0.25, 0.3) is 0 Å². The number of fused-ring (bicyclic) bond motifs is 7. The number of hydrogen-bond donors (Lipinski definition) is 0.